The number of imide groups is 1. The maximum atomic E-state index is 11.8. The van der Waals surface area contributed by atoms with Crippen LogP contribution in [0.2, 0.25) is 0 Å². The second kappa shape index (κ2) is 9.02. The molecule has 2 amide bonds. The zero-order valence-electron chi connectivity index (χ0n) is 13.6. The Balaban J connectivity index is 1.80. The van der Waals surface area contributed by atoms with Crippen LogP contribution in [0, 0.1) is 0 Å². The maximum absolute atomic E-state index is 11.8. The third-order valence-corrected chi connectivity index (χ3v) is 3.14. The monoisotopic (exact) mass is 339 g/mol. The third kappa shape index (κ3) is 5.95. The van der Waals surface area contributed by atoms with Crippen LogP contribution in [0.4, 0.5) is 0 Å². The van der Waals surface area contributed by atoms with E-state index in [1.54, 1.807) is 61.7 Å². The number of amides is 2. The summed E-state index contributed by atoms with van der Waals surface area (Å²) in [5.41, 5.74) is 1.10. The molecule has 0 unspecified atom stereocenters. The number of nitrogens with one attached hydrogen (secondary N) is 1. The molecule has 0 bridgehead atoms. The van der Waals surface area contributed by atoms with Crippen LogP contribution in [-0.4, -0.2) is 31.5 Å². The number of benzene rings is 2. The molecule has 6 heteroatoms. The lowest BCUT2D eigenvalue weighted by atomic mass is 10.2. The molecule has 0 heterocycles. The van der Waals surface area contributed by atoms with Gasteiger partial charge in [-0.2, -0.15) is 0 Å². The molecule has 0 aliphatic carbocycles. The van der Waals surface area contributed by atoms with Crippen molar-refractivity contribution in [1.82, 2.24) is 5.32 Å². The van der Waals surface area contributed by atoms with Crippen molar-refractivity contribution >= 4 is 23.9 Å². The first kappa shape index (κ1) is 17.9. The number of ether oxygens (including phenoxy) is 2. The lowest BCUT2D eigenvalue weighted by molar-refractivity contribution is -0.143. The lowest BCUT2D eigenvalue weighted by Crippen LogP contribution is -2.33. The first-order valence-corrected chi connectivity index (χ1v) is 7.46. The van der Waals surface area contributed by atoms with E-state index in [1.807, 2.05) is 0 Å². The van der Waals surface area contributed by atoms with Crippen LogP contribution in [0.5, 0.6) is 5.75 Å². The van der Waals surface area contributed by atoms with Gasteiger partial charge in [-0.25, -0.2) is 4.79 Å². The van der Waals surface area contributed by atoms with Gasteiger partial charge in [0, 0.05) is 11.6 Å². The Hall–Kier alpha value is -3.41. The van der Waals surface area contributed by atoms with Gasteiger partial charge in [-0.3, -0.25) is 14.9 Å². The van der Waals surface area contributed by atoms with Gasteiger partial charge in [0.1, 0.15) is 5.75 Å². The van der Waals surface area contributed by atoms with Crippen molar-refractivity contribution in [3.63, 3.8) is 0 Å². The predicted molar refractivity (Wildman–Crippen MR) is 91.9 cm³/mol. The number of methoxy groups -OCH3 is 1. The summed E-state index contributed by atoms with van der Waals surface area (Å²) in [4.78, 5) is 35.0. The molecule has 25 heavy (non-hydrogen) atoms. The zero-order valence-corrected chi connectivity index (χ0v) is 13.6. The highest BCUT2D eigenvalue weighted by molar-refractivity contribution is 6.05. The molecule has 0 fully saturated rings. The molecule has 0 saturated carbocycles. The van der Waals surface area contributed by atoms with E-state index in [2.05, 4.69) is 5.32 Å². The lowest BCUT2D eigenvalue weighted by Gasteiger charge is -2.04. The molecule has 6 nitrogen and oxygen atoms in total. The highest BCUT2D eigenvalue weighted by Crippen LogP contribution is 2.13. The Bertz CT molecular complexity index is 783. The molecule has 0 saturated heterocycles. The van der Waals surface area contributed by atoms with Crippen LogP contribution >= 0.6 is 0 Å². The fraction of sp³-hybridized carbons (Fsp3) is 0.105. The number of hydrogen-bond acceptors (Lipinski definition) is 5. The quantitative estimate of drug-likeness (QED) is 0.644. The molecule has 0 spiro atoms. The summed E-state index contributed by atoms with van der Waals surface area (Å²) in [6.45, 7) is -0.542. The maximum Gasteiger partial charge on any atom is 0.331 e. The van der Waals surface area contributed by atoms with Gasteiger partial charge in [0.25, 0.3) is 11.8 Å². The van der Waals surface area contributed by atoms with E-state index in [0.717, 1.165) is 5.56 Å². The third-order valence-electron chi connectivity index (χ3n) is 3.14. The molecule has 2 aromatic carbocycles. The van der Waals surface area contributed by atoms with Crippen LogP contribution in [0.3, 0.4) is 0 Å². The van der Waals surface area contributed by atoms with Crippen LogP contribution in [0.15, 0.2) is 60.7 Å². The Morgan fingerprint density at radius 2 is 1.80 bits per heavy atom. The fourth-order valence-corrected chi connectivity index (χ4v) is 1.92. The van der Waals surface area contributed by atoms with E-state index in [4.69, 9.17) is 9.47 Å². The number of hydrogen-bond donors (Lipinski definition) is 1. The van der Waals surface area contributed by atoms with Crippen molar-refractivity contribution < 1.29 is 23.9 Å². The fourth-order valence-electron chi connectivity index (χ4n) is 1.92. The van der Waals surface area contributed by atoms with Crippen LogP contribution < -0.4 is 10.1 Å². The number of esters is 1. The Morgan fingerprint density at radius 1 is 1.04 bits per heavy atom. The molecular weight excluding hydrogens is 322 g/mol. The van der Waals surface area contributed by atoms with E-state index >= 15 is 0 Å². The van der Waals surface area contributed by atoms with Gasteiger partial charge in [-0.1, -0.05) is 30.3 Å². The highest BCUT2D eigenvalue weighted by Gasteiger charge is 2.11. The SMILES string of the molecule is COc1cccc(/C=C/C(=O)OCC(=O)NC(=O)c2ccccc2)c1. The smallest absolute Gasteiger partial charge is 0.331 e. The molecule has 0 aliphatic rings. The van der Waals surface area contributed by atoms with Crippen molar-refractivity contribution in [3.8, 4) is 5.75 Å². The molecule has 128 valence electrons. The first-order valence-electron chi connectivity index (χ1n) is 7.46. The number of carbonyl (C=O) groups is 3. The predicted octanol–water partition coefficient (Wildman–Crippen LogP) is 2.21. The summed E-state index contributed by atoms with van der Waals surface area (Å²) in [5, 5.41) is 2.14. The van der Waals surface area contributed by atoms with E-state index < -0.39 is 24.4 Å². The van der Waals surface area contributed by atoms with Gasteiger partial charge in [0.05, 0.1) is 7.11 Å². The van der Waals surface area contributed by atoms with Crippen LogP contribution in [0.1, 0.15) is 15.9 Å². The summed E-state index contributed by atoms with van der Waals surface area (Å²) in [6.07, 6.45) is 2.74. The van der Waals surface area contributed by atoms with Crippen LogP contribution in [0.25, 0.3) is 6.08 Å². The normalized spacial score (nSPS) is 10.3. The molecule has 2 aromatic rings. The van der Waals surface area contributed by atoms with E-state index in [0.29, 0.717) is 11.3 Å². The van der Waals surface area contributed by atoms with Gasteiger partial charge in [-0.15, -0.1) is 0 Å². The van der Waals surface area contributed by atoms with Crippen molar-refractivity contribution in [2.75, 3.05) is 13.7 Å². The Labute approximate surface area is 145 Å². The molecule has 0 radical (unpaired) electrons. The second-order valence-electron chi connectivity index (χ2n) is 4.96. The van der Waals surface area contributed by atoms with Crippen molar-refractivity contribution in [2.24, 2.45) is 0 Å². The topological polar surface area (TPSA) is 81.7 Å². The first-order chi connectivity index (χ1) is 12.1. The molecule has 0 aliphatic heterocycles. The minimum absolute atomic E-state index is 0.347. The molecule has 1 N–H and O–H groups in total. The Morgan fingerprint density at radius 3 is 2.52 bits per heavy atom. The molecule has 0 atom stereocenters. The van der Waals surface area contributed by atoms with E-state index in [9.17, 15) is 14.4 Å². The van der Waals surface area contributed by atoms with Crippen LogP contribution in [-0.2, 0) is 14.3 Å². The van der Waals surface area contributed by atoms with Crippen molar-refractivity contribution in [3.05, 3.63) is 71.8 Å². The summed E-state index contributed by atoms with van der Waals surface area (Å²) in [6, 6.07) is 15.4. The van der Waals surface area contributed by atoms with Gasteiger partial charge in [0.2, 0.25) is 0 Å². The average Bonchev–Trinajstić information content (AvgIpc) is 2.65. The highest BCUT2D eigenvalue weighted by atomic mass is 16.5. The van der Waals surface area contributed by atoms with Crippen molar-refractivity contribution in [1.29, 1.82) is 0 Å². The van der Waals surface area contributed by atoms with E-state index in [-0.39, 0.29) is 0 Å². The van der Waals surface area contributed by atoms with E-state index in [1.165, 1.54) is 12.2 Å². The van der Waals surface area contributed by atoms with Crippen molar-refractivity contribution in [2.45, 2.75) is 0 Å². The molecule has 0 aromatic heterocycles. The summed E-state index contributed by atoms with van der Waals surface area (Å²) in [5.74, 6) is -1.27. The standard InChI is InChI=1S/C19H17NO5/c1-24-16-9-5-6-14(12-16)10-11-18(22)25-13-17(21)20-19(23)15-7-3-2-4-8-15/h2-12H,13H2,1H3,(H,20,21,23)/b11-10+. The average molecular weight is 339 g/mol. The largest absolute Gasteiger partial charge is 0.497 e. The molecule has 2 rings (SSSR count). The summed E-state index contributed by atoms with van der Waals surface area (Å²) in [7, 11) is 1.55. The second-order valence-corrected chi connectivity index (χ2v) is 4.96. The van der Waals surface area contributed by atoms with Gasteiger partial charge >= 0.3 is 5.97 Å². The number of carbonyl (C=O) groups excluding carboxylic acids is 3. The van der Waals surface area contributed by atoms with Gasteiger partial charge in [0.15, 0.2) is 6.61 Å². The minimum Gasteiger partial charge on any atom is -0.497 e. The zero-order chi connectivity index (χ0) is 18.1. The van der Waals surface area contributed by atoms with Gasteiger partial charge < -0.3 is 9.47 Å². The summed E-state index contributed by atoms with van der Waals surface area (Å²) >= 11 is 0. The molecular formula is C19H17NO5. The number of rotatable bonds is 6. The van der Waals surface area contributed by atoms with Gasteiger partial charge in [-0.05, 0) is 35.9 Å². The Kier molecular flexibility index (Phi) is 6.47. The summed E-state index contributed by atoms with van der Waals surface area (Å²) < 4.78 is 9.88. The minimum atomic E-state index is -0.697.